The molecule has 1 N–H and O–H groups in total. The van der Waals surface area contributed by atoms with Crippen LogP contribution >= 0.6 is 11.8 Å². The number of hydrogen-bond acceptors (Lipinski definition) is 4. The lowest BCUT2D eigenvalue weighted by Gasteiger charge is -2.36. The quantitative estimate of drug-likeness (QED) is 0.597. The lowest BCUT2D eigenvalue weighted by molar-refractivity contribution is -0.133. The van der Waals surface area contributed by atoms with Gasteiger partial charge in [0, 0.05) is 56.0 Å². The Kier molecular flexibility index (Phi) is 7.71. The van der Waals surface area contributed by atoms with Crippen molar-refractivity contribution in [2.75, 3.05) is 32.4 Å². The van der Waals surface area contributed by atoms with Gasteiger partial charge in [0.05, 0.1) is 0 Å². The van der Waals surface area contributed by atoms with Crippen molar-refractivity contribution >= 4 is 23.6 Å². The Labute approximate surface area is 199 Å². The number of carbonyl (C=O) groups excluding carboxylic acids is 2. The normalized spacial score (nSPS) is 21.3. The summed E-state index contributed by atoms with van der Waals surface area (Å²) in [5.74, 6) is 0.0160. The van der Waals surface area contributed by atoms with Crippen LogP contribution in [0.25, 0.3) is 0 Å². The number of piperazine rings is 1. The highest BCUT2D eigenvalue weighted by molar-refractivity contribution is 7.98. The molecule has 176 valence electrons. The highest BCUT2D eigenvalue weighted by Crippen LogP contribution is 2.30. The van der Waals surface area contributed by atoms with Crippen LogP contribution in [0.5, 0.6) is 0 Å². The van der Waals surface area contributed by atoms with Crippen molar-refractivity contribution in [3.63, 3.8) is 0 Å². The summed E-state index contributed by atoms with van der Waals surface area (Å²) in [7, 11) is 0. The molecule has 2 aliphatic heterocycles. The third-order valence-corrected chi connectivity index (χ3v) is 7.52. The van der Waals surface area contributed by atoms with Crippen molar-refractivity contribution in [2.24, 2.45) is 0 Å². The molecule has 2 fully saturated rings. The highest BCUT2D eigenvalue weighted by atomic mass is 32.2. The van der Waals surface area contributed by atoms with E-state index in [1.165, 1.54) is 16.5 Å². The van der Waals surface area contributed by atoms with Gasteiger partial charge in [-0.05, 0) is 60.9 Å². The number of nitrogens with zero attached hydrogens (tertiary/aromatic N) is 2. The molecular formula is C26H32FN3O2S. The van der Waals surface area contributed by atoms with Gasteiger partial charge in [0.25, 0.3) is 0 Å². The van der Waals surface area contributed by atoms with Gasteiger partial charge in [-0.15, -0.1) is 11.8 Å². The fourth-order valence-electron chi connectivity index (χ4n) is 4.87. The number of thioether (sulfide) groups is 1. The highest BCUT2D eigenvalue weighted by Gasteiger charge is 2.38. The van der Waals surface area contributed by atoms with Crippen LogP contribution in [0, 0.1) is 5.82 Å². The van der Waals surface area contributed by atoms with Gasteiger partial charge in [0.15, 0.2) is 0 Å². The third-order valence-electron chi connectivity index (χ3n) is 6.77. The van der Waals surface area contributed by atoms with Gasteiger partial charge < -0.3 is 10.2 Å². The van der Waals surface area contributed by atoms with E-state index >= 15 is 0 Å². The van der Waals surface area contributed by atoms with Gasteiger partial charge in [0.2, 0.25) is 11.8 Å². The van der Waals surface area contributed by atoms with E-state index in [0.29, 0.717) is 38.9 Å². The number of amides is 2. The van der Waals surface area contributed by atoms with E-state index in [9.17, 15) is 14.0 Å². The van der Waals surface area contributed by atoms with E-state index in [4.69, 9.17) is 0 Å². The summed E-state index contributed by atoms with van der Waals surface area (Å²) >= 11 is 1.71. The van der Waals surface area contributed by atoms with Crippen molar-refractivity contribution in [2.45, 2.75) is 49.1 Å². The van der Waals surface area contributed by atoms with E-state index in [1.807, 2.05) is 11.0 Å². The van der Waals surface area contributed by atoms with Crippen LogP contribution in [0.4, 0.5) is 4.39 Å². The topological polar surface area (TPSA) is 52.7 Å². The predicted octanol–water partition coefficient (Wildman–Crippen LogP) is 3.86. The van der Waals surface area contributed by atoms with Crippen LogP contribution in [-0.2, 0) is 22.6 Å². The maximum atomic E-state index is 13.4. The van der Waals surface area contributed by atoms with Gasteiger partial charge in [-0.1, -0.05) is 24.3 Å². The first-order chi connectivity index (χ1) is 15.9. The van der Waals surface area contributed by atoms with Gasteiger partial charge in [-0.2, -0.15) is 0 Å². The molecule has 2 heterocycles. The minimum Gasteiger partial charge on any atom is -0.350 e. The van der Waals surface area contributed by atoms with E-state index in [0.717, 1.165) is 31.5 Å². The van der Waals surface area contributed by atoms with E-state index < -0.39 is 0 Å². The Morgan fingerprint density at radius 3 is 2.48 bits per heavy atom. The van der Waals surface area contributed by atoms with Crippen LogP contribution in [0.1, 0.15) is 36.8 Å². The summed E-state index contributed by atoms with van der Waals surface area (Å²) in [5, 5.41) is 3.19. The average Bonchev–Trinajstić information content (AvgIpc) is 3.19. The van der Waals surface area contributed by atoms with Crippen LogP contribution in [0.2, 0.25) is 0 Å². The minimum absolute atomic E-state index is 0.0779. The molecule has 0 bridgehead atoms. The zero-order valence-electron chi connectivity index (χ0n) is 19.2. The zero-order chi connectivity index (χ0) is 23.3. The van der Waals surface area contributed by atoms with Crippen LogP contribution < -0.4 is 5.32 Å². The SMILES string of the molecule is CSc1ccc(CC2(CCC(=O)N3CCN(Cc4cccc(F)c4)CC3)CCC(=O)N2)cc1. The van der Waals surface area contributed by atoms with Gasteiger partial charge in [-0.3, -0.25) is 14.5 Å². The summed E-state index contributed by atoms with van der Waals surface area (Å²) in [4.78, 5) is 30.4. The summed E-state index contributed by atoms with van der Waals surface area (Å²) in [5.41, 5.74) is 1.81. The lowest BCUT2D eigenvalue weighted by Crippen LogP contribution is -2.49. The lowest BCUT2D eigenvalue weighted by atomic mass is 9.85. The standard InChI is InChI=1S/C26H32FN3O2S/c1-33-23-7-5-20(6-8-23)18-26(11-9-24(31)28-26)12-10-25(32)30-15-13-29(14-16-30)19-21-3-2-4-22(27)17-21/h2-8,17H,9-16,18-19H2,1H3,(H,28,31). The monoisotopic (exact) mass is 469 g/mol. The molecule has 2 amide bonds. The molecule has 33 heavy (non-hydrogen) atoms. The average molecular weight is 470 g/mol. The first-order valence-corrected chi connectivity index (χ1v) is 12.9. The smallest absolute Gasteiger partial charge is 0.222 e. The molecular weight excluding hydrogens is 437 g/mol. The molecule has 4 rings (SSSR count). The van der Waals surface area contributed by atoms with Gasteiger partial charge >= 0.3 is 0 Å². The molecule has 0 aliphatic carbocycles. The first-order valence-electron chi connectivity index (χ1n) is 11.6. The zero-order valence-corrected chi connectivity index (χ0v) is 20.0. The van der Waals surface area contributed by atoms with Crippen LogP contribution in [0.3, 0.4) is 0 Å². The Morgan fingerprint density at radius 2 is 1.85 bits per heavy atom. The van der Waals surface area contributed by atoms with Crippen LogP contribution in [0.15, 0.2) is 53.4 Å². The second-order valence-corrected chi connectivity index (χ2v) is 10.0. The molecule has 5 nitrogen and oxygen atoms in total. The summed E-state index contributed by atoms with van der Waals surface area (Å²) in [6.45, 7) is 3.63. The summed E-state index contributed by atoms with van der Waals surface area (Å²) in [6, 6.07) is 15.2. The number of halogens is 1. The van der Waals surface area contributed by atoms with Crippen LogP contribution in [-0.4, -0.2) is 59.6 Å². The van der Waals surface area contributed by atoms with Crippen molar-refractivity contribution in [3.8, 4) is 0 Å². The molecule has 2 saturated heterocycles. The Balaban J connectivity index is 1.29. The molecule has 2 aromatic carbocycles. The molecule has 7 heteroatoms. The van der Waals surface area contributed by atoms with Gasteiger partial charge in [-0.25, -0.2) is 4.39 Å². The van der Waals surface area contributed by atoms with E-state index in [2.05, 4.69) is 40.7 Å². The Bertz CT molecular complexity index is 976. The Hall–Kier alpha value is -2.38. The van der Waals surface area contributed by atoms with Crippen molar-refractivity contribution in [1.29, 1.82) is 0 Å². The fourth-order valence-corrected chi connectivity index (χ4v) is 5.28. The molecule has 0 radical (unpaired) electrons. The third kappa shape index (κ3) is 6.36. The molecule has 0 aromatic heterocycles. The van der Waals surface area contributed by atoms with Crippen molar-refractivity contribution in [3.05, 3.63) is 65.5 Å². The maximum Gasteiger partial charge on any atom is 0.222 e. The van der Waals surface area contributed by atoms with E-state index in [-0.39, 0.29) is 23.2 Å². The summed E-state index contributed by atoms with van der Waals surface area (Å²) in [6.07, 6.45) is 5.20. The van der Waals surface area contributed by atoms with Crippen molar-refractivity contribution < 1.29 is 14.0 Å². The molecule has 0 saturated carbocycles. The maximum absolute atomic E-state index is 13.4. The number of hydrogen-bond donors (Lipinski definition) is 1. The molecule has 0 spiro atoms. The largest absolute Gasteiger partial charge is 0.350 e. The number of carbonyl (C=O) groups is 2. The van der Waals surface area contributed by atoms with Gasteiger partial charge in [0.1, 0.15) is 5.82 Å². The predicted molar refractivity (Wildman–Crippen MR) is 130 cm³/mol. The fraction of sp³-hybridized carbons (Fsp3) is 0.462. The molecule has 2 aromatic rings. The van der Waals surface area contributed by atoms with Crippen molar-refractivity contribution in [1.82, 2.24) is 15.1 Å². The summed E-state index contributed by atoms with van der Waals surface area (Å²) < 4.78 is 13.4. The molecule has 2 aliphatic rings. The van der Waals surface area contributed by atoms with E-state index in [1.54, 1.807) is 23.9 Å². The number of rotatable bonds is 8. The second-order valence-electron chi connectivity index (χ2n) is 9.14. The molecule has 1 atom stereocenters. The number of benzene rings is 2. The number of nitrogens with one attached hydrogen (secondary N) is 1. The Morgan fingerprint density at radius 1 is 1.09 bits per heavy atom. The second kappa shape index (κ2) is 10.7. The minimum atomic E-state index is -0.340. The first kappa shape index (κ1) is 23.8. The molecule has 1 unspecified atom stereocenters.